The van der Waals surface area contributed by atoms with Crippen LogP contribution in [0.4, 0.5) is 0 Å². The quantitative estimate of drug-likeness (QED) is 0.548. The summed E-state index contributed by atoms with van der Waals surface area (Å²) in [5.41, 5.74) is 2.76. The van der Waals surface area contributed by atoms with Gasteiger partial charge in [-0.25, -0.2) is 9.67 Å². The van der Waals surface area contributed by atoms with E-state index in [1.807, 2.05) is 6.08 Å². The fraction of sp³-hybridized carbons (Fsp3) is 0.455. The third kappa shape index (κ3) is 4.62. The Kier molecular flexibility index (Phi) is 6.27. The number of nitrogens with zero attached hydrogens (tertiary/aromatic N) is 3. The van der Waals surface area contributed by atoms with E-state index >= 15 is 0 Å². The molecule has 0 bridgehead atoms. The van der Waals surface area contributed by atoms with Crippen molar-refractivity contribution in [2.75, 3.05) is 20.3 Å². The monoisotopic (exact) mass is 396 g/mol. The van der Waals surface area contributed by atoms with Gasteiger partial charge in [-0.3, -0.25) is 9.59 Å². The zero-order valence-corrected chi connectivity index (χ0v) is 17.3. The highest BCUT2D eigenvalue weighted by atomic mass is 16.5. The Hall–Kier alpha value is -2.80. The van der Waals surface area contributed by atoms with Crippen LogP contribution in [0.2, 0.25) is 0 Å². The van der Waals surface area contributed by atoms with Gasteiger partial charge < -0.3 is 10.1 Å². The van der Waals surface area contributed by atoms with Gasteiger partial charge in [-0.1, -0.05) is 19.9 Å². The van der Waals surface area contributed by atoms with Crippen LogP contribution in [0, 0.1) is 5.41 Å². The number of allylic oxidation sites excluding steroid dienone is 1. The molecule has 1 aliphatic rings. The largest absolute Gasteiger partial charge is 0.383 e. The summed E-state index contributed by atoms with van der Waals surface area (Å²) in [6.45, 7) is 8.85. The average molecular weight is 396 g/mol. The molecule has 1 N–H and O–H groups in total. The number of fused-ring (bicyclic) bond motifs is 1. The smallest absolute Gasteiger partial charge is 0.252 e. The minimum Gasteiger partial charge on any atom is -0.383 e. The number of aryl methyl sites for hydroxylation is 1. The van der Waals surface area contributed by atoms with E-state index in [9.17, 15) is 9.59 Å². The number of ketones is 1. The van der Waals surface area contributed by atoms with E-state index in [0.717, 1.165) is 29.8 Å². The molecule has 0 saturated carbocycles. The maximum atomic E-state index is 12.8. The molecule has 0 aliphatic heterocycles. The summed E-state index contributed by atoms with van der Waals surface area (Å²) in [6.07, 6.45) is 6.05. The molecule has 0 aromatic carbocycles. The summed E-state index contributed by atoms with van der Waals surface area (Å²) in [5, 5.41) is 7.49. The molecule has 2 aromatic heterocycles. The second kappa shape index (κ2) is 8.69. The van der Waals surface area contributed by atoms with E-state index in [1.54, 1.807) is 23.9 Å². The zero-order chi connectivity index (χ0) is 21.0. The summed E-state index contributed by atoms with van der Waals surface area (Å²) >= 11 is 0. The highest BCUT2D eigenvalue weighted by molar-refractivity contribution is 6.00. The van der Waals surface area contributed by atoms with Gasteiger partial charge in [-0.15, -0.1) is 6.58 Å². The first kappa shape index (κ1) is 20.9. The van der Waals surface area contributed by atoms with Crippen molar-refractivity contribution >= 4 is 11.7 Å². The molecule has 0 radical (unpaired) electrons. The van der Waals surface area contributed by atoms with Crippen molar-refractivity contribution in [1.82, 2.24) is 20.1 Å². The van der Waals surface area contributed by atoms with E-state index in [1.165, 1.54) is 6.20 Å². The molecule has 1 aliphatic carbocycles. The minimum absolute atomic E-state index is 0.126. The van der Waals surface area contributed by atoms with Crippen LogP contribution in [0.1, 0.15) is 58.8 Å². The SMILES string of the molecule is C=CCCc1nn(-c2ccc(C(=O)NCCOC)cn2)c2c1C(=O)CC(C)(C)C2. The lowest BCUT2D eigenvalue weighted by atomic mass is 9.75. The number of hydrogen-bond donors (Lipinski definition) is 1. The highest BCUT2D eigenvalue weighted by Gasteiger charge is 2.36. The summed E-state index contributed by atoms with van der Waals surface area (Å²) in [4.78, 5) is 29.5. The Labute approximate surface area is 171 Å². The van der Waals surface area contributed by atoms with Crippen LogP contribution in [-0.2, 0) is 17.6 Å². The number of Topliss-reactive ketones (excluding diaryl/α,β-unsaturated/α-hetero) is 1. The number of ether oxygens (including phenoxy) is 1. The van der Waals surface area contributed by atoms with Gasteiger partial charge in [-0.2, -0.15) is 5.10 Å². The second-order valence-electron chi connectivity index (χ2n) is 8.10. The molecule has 2 heterocycles. The number of hydrogen-bond acceptors (Lipinski definition) is 5. The lowest BCUT2D eigenvalue weighted by molar-refractivity contribution is 0.0907. The molecule has 0 fully saturated rings. The van der Waals surface area contributed by atoms with E-state index < -0.39 is 0 Å². The predicted octanol–water partition coefficient (Wildman–Crippen LogP) is 2.92. The van der Waals surface area contributed by atoms with Gasteiger partial charge in [0.2, 0.25) is 0 Å². The molecule has 0 spiro atoms. The summed E-state index contributed by atoms with van der Waals surface area (Å²) < 4.78 is 6.70. The maximum Gasteiger partial charge on any atom is 0.252 e. The molecule has 154 valence electrons. The first-order valence-electron chi connectivity index (χ1n) is 9.84. The van der Waals surface area contributed by atoms with Crippen LogP contribution in [-0.4, -0.2) is 46.7 Å². The fourth-order valence-corrected chi connectivity index (χ4v) is 3.65. The second-order valence-corrected chi connectivity index (χ2v) is 8.10. The molecular formula is C22H28N4O3. The van der Waals surface area contributed by atoms with Gasteiger partial charge in [0.1, 0.15) is 0 Å². The predicted molar refractivity (Wildman–Crippen MR) is 111 cm³/mol. The lowest BCUT2D eigenvalue weighted by Crippen LogP contribution is -2.28. The molecule has 3 rings (SSSR count). The number of carbonyl (C=O) groups is 2. The van der Waals surface area contributed by atoms with Crippen molar-refractivity contribution < 1.29 is 14.3 Å². The molecular weight excluding hydrogens is 368 g/mol. The standard InChI is InChI=1S/C22H28N4O3/c1-5-6-7-16-20-17(12-22(2,3)13-18(20)27)26(25-16)19-9-8-15(14-24-19)21(28)23-10-11-29-4/h5,8-9,14H,1,6-7,10-13H2,2-4H3,(H,23,28). The van der Waals surface area contributed by atoms with Crippen molar-refractivity contribution in [1.29, 1.82) is 0 Å². The van der Waals surface area contributed by atoms with Gasteiger partial charge in [0.15, 0.2) is 11.6 Å². The Bertz CT molecular complexity index is 913. The number of rotatable bonds is 8. The van der Waals surface area contributed by atoms with E-state index in [0.29, 0.717) is 37.4 Å². The highest BCUT2D eigenvalue weighted by Crippen LogP contribution is 2.37. The third-order valence-corrected chi connectivity index (χ3v) is 5.02. The Morgan fingerprint density at radius 2 is 2.17 bits per heavy atom. The van der Waals surface area contributed by atoms with Crippen LogP contribution in [0.15, 0.2) is 31.0 Å². The number of nitrogens with one attached hydrogen (secondary N) is 1. The van der Waals surface area contributed by atoms with Crippen molar-refractivity contribution in [2.24, 2.45) is 5.41 Å². The molecule has 0 saturated heterocycles. The Balaban J connectivity index is 1.93. The number of carbonyl (C=O) groups excluding carboxylic acids is 2. The Morgan fingerprint density at radius 1 is 1.38 bits per heavy atom. The van der Waals surface area contributed by atoms with Crippen molar-refractivity contribution in [3.8, 4) is 5.82 Å². The summed E-state index contributed by atoms with van der Waals surface area (Å²) in [6, 6.07) is 3.49. The normalized spacial score (nSPS) is 15.1. The topological polar surface area (TPSA) is 86.1 Å². The van der Waals surface area contributed by atoms with Crippen LogP contribution in [0.25, 0.3) is 5.82 Å². The Morgan fingerprint density at radius 3 is 2.83 bits per heavy atom. The molecule has 2 aromatic rings. The van der Waals surface area contributed by atoms with Crippen LogP contribution in [0.3, 0.4) is 0 Å². The molecule has 1 amide bonds. The van der Waals surface area contributed by atoms with Crippen LogP contribution in [0.5, 0.6) is 0 Å². The van der Waals surface area contributed by atoms with E-state index in [2.05, 4.69) is 30.7 Å². The van der Waals surface area contributed by atoms with Gasteiger partial charge in [0.05, 0.1) is 29.1 Å². The van der Waals surface area contributed by atoms with Gasteiger partial charge in [0, 0.05) is 26.3 Å². The van der Waals surface area contributed by atoms with Gasteiger partial charge in [0.25, 0.3) is 5.91 Å². The first-order valence-corrected chi connectivity index (χ1v) is 9.84. The first-order chi connectivity index (χ1) is 13.9. The fourth-order valence-electron chi connectivity index (χ4n) is 3.65. The number of aromatic nitrogens is 3. The zero-order valence-electron chi connectivity index (χ0n) is 17.3. The number of pyridine rings is 1. The summed E-state index contributed by atoms with van der Waals surface area (Å²) in [7, 11) is 1.59. The van der Waals surface area contributed by atoms with Crippen molar-refractivity contribution in [3.63, 3.8) is 0 Å². The van der Waals surface area contributed by atoms with Crippen LogP contribution < -0.4 is 5.32 Å². The molecule has 7 nitrogen and oxygen atoms in total. The van der Waals surface area contributed by atoms with E-state index in [-0.39, 0.29) is 17.1 Å². The maximum absolute atomic E-state index is 12.8. The van der Waals surface area contributed by atoms with Gasteiger partial charge in [-0.05, 0) is 36.8 Å². The third-order valence-electron chi connectivity index (χ3n) is 5.02. The van der Waals surface area contributed by atoms with Crippen molar-refractivity contribution in [2.45, 2.75) is 39.5 Å². The molecule has 29 heavy (non-hydrogen) atoms. The number of amides is 1. The lowest BCUT2D eigenvalue weighted by Gasteiger charge is -2.29. The van der Waals surface area contributed by atoms with Crippen molar-refractivity contribution in [3.05, 3.63) is 53.5 Å². The minimum atomic E-state index is -0.202. The molecule has 0 atom stereocenters. The van der Waals surface area contributed by atoms with Crippen LogP contribution >= 0.6 is 0 Å². The molecule has 0 unspecified atom stereocenters. The number of methoxy groups -OCH3 is 1. The van der Waals surface area contributed by atoms with Gasteiger partial charge >= 0.3 is 0 Å². The van der Waals surface area contributed by atoms with E-state index in [4.69, 9.17) is 9.84 Å². The summed E-state index contributed by atoms with van der Waals surface area (Å²) in [5.74, 6) is 0.535. The average Bonchev–Trinajstić information content (AvgIpc) is 3.04. The molecule has 7 heteroatoms.